The molecule has 2 aromatic carbocycles. The quantitative estimate of drug-likeness (QED) is 0.420. The highest BCUT2D eigenvalue weighted by Gasteiger charge is 2.29. The van der Waals surface area contributed by atoms with Crippen molar-refractivity contribution in [2.45, 2.75) is 19.8 Å². The lowest BCUT2D eigenvalue weighted by Gasteiger charge is -2.08. The zero-order valence-electron chi connectivity index (χ0n) is 15.6. The van der Waals surface area contributed by atoms with Crippen molar-refractivity contribution >= 4 is 34.8 Å². The second-order valence-corrected chi connectivity index (χ2v) is 6.74. The summed E-state index contributed by atoms with van der Waals surface area (Å²) in [6.07, 6.45) is 1.79. The van der Waals surface area contributed by atoms with Gasteiger partial charge in [-0.25, -0.2) is 4.79 Å². The SMILES string of the molecule is Cc1ccc(NC(=O)COC(=O)c2ccc(NC(=O)C3CC3)cc2)c([N+](=O)[O-])c1. The highest BCUT2D eigenvalue weighted by atomic mass is 16.6. The normalized spacial score (nSPS) is 12.7. The Labute approximate surface area is 166 Å². The standard InChI is InChI=1S/C20H19N3O6/c1-12-2-9-16(17(10-12)23(27)28)22-18(24)11-29-20(26)14-5-7-15(8-6-14)21-19(25)13-3-4-13/h2,5-10,13H,3-4,11H2,1H3,(H,21,25)(H,22,24). The minimum absolute atomic E-state index is 0.0254. The van der Waals surface area contributed by atoms with Crippen LogP contribution in [0.1, 0.15) is 28.8 Å². The molecule has 2 aromatic rings. The van der Waals surface area contributed by atoms with Crippen LogP contribution in [0.5, 0.6) is 0 Å². The van der Waals surface area contributed by atoms with Gasteiger partial charge in [0.2, 0.25) is 5.91 Å². The summed E-state index contributed by atoms with van der Waals surface area (Å²) in [6, 6.07) is 10.5. The van der Waals surface area contributed by atoms with Crippen molar-refractivity contribution in [3.8, 4) is 0 Å². The van der Waals surface area contributed by atoms with Gasteiger partial charge in [-0.2, -0.15) is 0 Å². The Hall–Kier alpha value is -3.75. The number of carbonyl (C=O) groups is 3. The minimum atomic E-state index is -0.723. The summed E-state index contributed by atoms with van der Waals surface area (Å²) in [6.45, 7) is 1.10. The second-order valence-electron chi connectivity index (χ2n) is 6.74. The molecule has 1 aliphatic carbocycles. The fourth-order valence-corrected chi connectivity index (χ4v) is 2.58. The number of nitro benzene ring substituents is 1. The molecule has 1 saturated carbocycles. The lowest BCUT2D eigenvalue weighted by Crippen LogP contribution is -2.21. The van der Waals surface area contributed by atoms with Gasteiger partial charge in [0.1, 0.15) is 5.69 Å². The summed E-state index contributed by atoms with van der Waals surface area (Å²) < 4.78 is 4.95. The number of esters is 1. The first-order chi connectivity index (χ1) is 13.8. The van der Waals surface area contributed by atoms with Crippen molar-refractivity contribution in [1.82, 2.24) is 0 Å². The average Bonchev–Trinajstić information content (AvgIpc) is 3.53. The largest absolute Gasteiger partial charge is 0.452 e. The monoisotopic (exact) mass is 397 g/mol. The Bertz CT molecular complexity index is 967. The van der Waals surface area contributed by atoms with E-state index >= 15 is 0 Å². The Morgan fingerprint density at radius 3 is 2.41 bits per heavy atom. The second kappa shape index (κ2) is 8.51. The van der Waals surface area contributed by atoms with E-state index in [4.69, 9.17) is 4.74 Å². The maximum Gasteiger partial charge on any atom is 0.338 e. The molecule has 1 fully saturated rings. The van der Waals surface area contributed by atoms with E-state index in [1.54, 1.807) is 25.1 Å². The first-order valence-corrected chi connectivity index (χ1v) is 8.96. The molecule has 150 valence electrons. The summed E-state index contributed by atoms with van der Waals surface area (Å²) in [5, 5.41) is 16.2. The average molecular weight is 397 g/mol. The molecule has 1 aliphatic rings. The number of carbonyl (C=O) groups excluding carboxylic acids is 3. The van der Waals surface area contributed by atoms with Gasteiger partial charge in [-0.05, 0) is 55.7 Å². The van der Waals surface area contributed by atoms with Gasteiger partial charge in [0, 0.05) is 17.7 Å². The molecule has 2 amide bonds. The molecule has 0 saturated heterocycles. The van der Waals surface area contributed by atoms with E-state index in [0.717, 1.165) is 12.8 Å². The van der Waals surface area contributed by atoms with Gasteiger partial charge in [0.05, 0.1) is 10.5 Å². The molecule has 2 N–H and O–H groups in total. The number of ether oxygens (including phenoxy) is 1. The molecule has 0 bridgehead atoms. The molecule has 3 rings (SSSR count). The van der Waals surface area contributed by atoms with E-state index in [1.165, 1.54) is 24.3 Å². The van der Waals surface area contributed by atoms with E-state index in [-0.39, 0.29) is 28.8 Å². The summed E-state index contributed by atoms with van der Waals surface area (Å²) in [4.78, 5) is 46.3. The molecule has 0 unspecified atom stereocenters. The summed E-state index contributed by atoms with van der Waals surface area (Å²) >= 11 is 0. The maximum atomic E-state index is 12.1. The van der Waals surface area contributed by atoms with Gasteiger partial charge in [0.15, 0.2) is 6.61 Å². The molecular weight excluding hydrogens is 378 g/mol. The van der Waals surface area contributed by atoms with E-state index in [2.05, 4.69) is 10.6 Å². The summed E-state index contributed by atoms with van der Waals surface area (Å²) in [7, 11) is 0. The maximum absolute atomic E-state index is 12.1. The topological polar surface area (TPSA) is 128 Å². The van der Waals surface area contributed by atoms with Crippen molar-refractivity contribution in [3.05, 3.63) is 63.7 Å². The number of nitro groups is 1. The van der Waals surface area contributed by atoms with E-state index < -0.39 is 23.4 Å². The molecule has 9 nitrogen and oxygen atoms in total. The van der Waals surface area contributed by atoms with Gasteiger partial charge in [-0.1, -0.05) is 6.07 Å². The van der Waals surface area contributed by atoms with E-state index in [9.17, 15) is 24.5 Å². The summed E-state index contributed by atoms with van der Waals surface area (Å²) in [5.74, 6) is -1.39. The number of hydrogen-bond acceptors (Lipinski definition) is 6. The highest BCUT2D eigenvalue weighted by molar-refractivity contribution is 5.97. The van der Waals surface area contributed by atoms with Crippen LogP contribution in [0.3, 0.4) is 0 Å². The van der Waals surface area contributed by atoms with Crippen molar-refractivity contribution in [1.29, 1.82) is 0 Å². The third-order valence-corrected chi connectivity index (χ3v) is 4.29. The first-order valence-electron chi connectivity index (χ1n) is 8.96. The van der Waals surface area contributed by atoms with Crippen LogP contribution in [0.25, 0.3) is 0 Å². The number of amides is 2. The number of nitrogens with zero attached hydrogens (tertiary/aromatic N) is 1. The molecular formula is C20H19N3O6. The third kappa shape index (κ3) is 5.38. The fraction of sp³-hybridized carbons (Fsp3) is 0.250. The van der Waals surface area contributed by atoms with Crippen molar-refractivity contribution in [3.63, 3.8) is 0 Å². The summed E-state index contributed by atoms with van der Waals surface area (Å²) in [5.41, 5.74) is 1.25. The number of rotatable bonds is 7. The number of hydrogen-bond donors (Lipinski definition) is 2. The Kier molecular flexibility index (Phi) is 5.87. The number of benzene rings is 2. The van der Waals surface area contributed by atoms with Crippen molar-refractivity contribution in [2.24, 2.45) is 5.92 Å². The van der Waals surface area contributed by atoms with Gasteiger partial charge in [-0.15, -0.1) is 0 Å². The number of aryl methyl sites for hydroxylation is 1. The molecule has 0 heterocycles. The predicted octanol–water partition coefficient (Wildman–Crippen LogP) is 3.05. The fourth-order valence-electron chi connectivity index (χ4n) is 2.58. The van der Waals surface area contributed by atoms with Crippen molar-refractivity contribution in [2.75, 3.05) is 17.2 Å². The highest BCUT2D eigenvalue weighted by Crippen LogP contribution is 2.30. The van der Waals surface area contributed by atoms with Gasteiger partial charge >= 0.3 is 5.97 Å². The smallest absolute Gasteiger partial charge is 0.338 e. The van der Waals surface area contributed by atoms with Crippen LogP contribution in [-0.4, -0.2) is 29.3 Å². The van der Waals surface area contributed by atoms with Crippen LogP contribution in [0.4, 0.5) is 17.1 Å². The van der Waals surface area contributed by atoms with Gasteiger partial charge < -0.3 is 15.4 Å². The van der Waals surface area contributed by atoms with Gasteiger partial charge in [0.25, 0.3) is 11.6 Å². The number of nitrogens with one attached hydrogen (secondary N) is 2. The Morgan fingerprint density at radius 2 is 1.79 bits per heavy atom. The van der Waals surface area contributed by atoms with Gasteiger partial charge in [-0.3, -0.25) is 19.7 Å². The van der Waals surface area contributed by atoms with Crippen LogP contribution in [-0.2, 0) is 14.3 Å². The molecule has 9 heteroatoms. The van der Waals surface area contributed by atoms with Crippen LogP contribution in [0.2, 0.25) is 0 Å². The predicted molar refractivity (Wildman–Crippen MR) is 105 cm³/mol. The van der Waals surface area contributed by atoms with Crippen LogP contribution < -0.4 is 10.6 Å². The Morgan fingerprint density at radius 1 is 1.10 bits per heavy atom. The molecule has 0 radical (unpaired) electrons. The Balaban J connectivity index is 1.53. The molecule has 0 atom stereocenters. The molecule has 0 aromatic heterocycles. The molecule has 0 aliphatic heterocycles. The minimum Gasteiger partial charge on any atom is -0.452 e. The van der Waals surface area contributed by atoms with Crippen molar-refractivity contribution < 1.29 is 24.0 Å². The lowest BCUT2D eigenvalue weighted by molar-refractivity contribution is -0.384. The number of anilines is 2. The molecule has 0 spiro atoms. The third-order valence-electron chi connectivity index (χ3n) is 4.29. The van der Waals surface area contributed by atoms with E-state index in [0.29, 0.717) is 11.3 Å². The van der Waals surface area contributed by atoms with E-state index in [1.807, 2.05) is 0 Å². The van der Waals surface area contributed by atoms with Crippen LogP contribution in [0, 0.1) is 23.0 Å². The molecule has 29 heavy (non-hydrogen) atoms. The lowest BCUT2D eigenvalue weighted by atomic mass is 10.2. The van der Waals surface area contributed by atoms with Crippen LogP contribution >= 0.6 is 0 Å². The zero-order chi connectivity index (χ0) is 21.0. The van der Waals surface area contributed by atoms with Crippen LogP contribution in [0.15, 0.2) is 42.5 Å². The first kappa shape index (κ1) is 20.0. The zero-order valence-corrected chi connectivity index (χ0v) is 15.6.